The van der Waals surface area contributed by atoms with Crippen LogP contribution < -0.4 is 15.4 Å². The lowest BCUT2D eigenvalue weighted by atomic mass is 10.0. The van der Waals surface area contributed by atoms with Gasteiger partial charge in [-0.2, -0.15) is 5.10 Å². The summed E-state index contributed by atoms with van der Waals surface area (Å²) in [5.74, 6) is -0.739. The van der Waals surface area contributed by atoms with Crippen LogP contribution in [0.3, 0.4) is 0 Å². The minimum Gasteiger partial charge on any atom is -0.438 e. The molecule has 2 aromatic heterocycles. The van der Waals surface area contributed by atoms with Crippen molar-refractivity contribution in [3.63, 3.8) is 0 Å². The lowest BCUT2D eigenvalue weighted by Gasteiger charge is -2.26. The molecule has 194 valence electrons. The van der Waals surface area contributed by atoms with E-state index >= 15 is 0 Å². The van der Waals surface area contributed by atoms with Crippen LogP contribution in [0.5, 0.6) is 11.6 Å². The number of hydrogen-bond donors (Lipinski definition) is 1. The zero-order chi connectivity index (χ0) is 26.3. The van der Waals surface area contributed by atoms with Crippen LogP contribution in [0.25, 0.3) is 11.0 Å². The van der Waals surface area contributed by atoms with E-state index in [1.165, 1.54) is 35.5 Å². The number of nitrogens with two attached hydrogens (primary N) is 1. The molecule has 2 amide bonds. The van der Waals surface area contributed by atoms with Crippen molar-refractivity contribution in [2.45, 2.75) is 38.3 Å². The Morgan fingerprint density at radius 3 is 2.39 bits per heavy atom. The lowest BCUT2D eigenvalue weighted by Crippen LogP contribution is -2.41. The van der Waals surface area contributed by atoms with E-state index in [1.54, 1.807) is 35.1 Å². The SMILES string of the molecule is NC(=O)C1(C(=O)N(c2ccc(F)cc2)c2ccc(Oc3ncnc4c3cnn4C3CCCCO3)cc2)CC1. The maximum atomic E-state index is 13.6. The number of carbonyl (C=O) groups is 2. The molecule has 2 fully saturated rings. The van der Waals surface area contributed by atoms with Gasteiger partial charge in [0.25, 0.3) is 0 Å². The Kier molecular flexibility index (Phi) is 5.99. The summed E-state index contributed by atoms with van der Waals surface area (Å²) in [6.07, 6.45) is 6.61. The molecule has 1 saturated carbocycles. The molecule has 6 rings (SSSR count). The highest BCUT2D eigenvalue weighted by atomic mass is 19.1. The first-order valence-electron chi connectivity index (χ1n) is 12.4. The van der Waals surface area contributed by atoms with Gasteiger partial charge in [0.05, 0.1) is 6.20 Å². The third kappa shape index (κ3) is 4.24. The lowest BCUT2D eigenvalue weighted by molar-refractivity contribution is -0.133. The van der Waals surface area contributed by atoms with Crippen LogP contribution in [0.15, 0.2) is 61.1 Å². The third-order valence-electron chi connectivity index (χ3n) is 7.01. The van der Waals surface area contributed by atoms with Crippen molar-refractivity contribution in [1.82, 2.24) is 19.7 Å². The van der Waals surface area contributed by atoms with Crippen LogP contribution in [0.1, 0.15) is 38.3 Å². The number of nitrogens with zero attached hydrogens (tertiary/aromatic N) is 5. The summed E-state index contributed by atoms with van der Waals surface area (Å²) in [6, 6.07) is 12.2. The molecule has 1 aliphatic carbocycles. The molecule has 2 aromatic carbocycles. The average Bonchev–Trinajstić information content (AvgIpc) is 3.65. The normalized spacial score (nSPS) is 18.2. The fraction of sp³-hybridized carbons (Fsp3) is 0.296. The monoisotopic (exact) mass is 516 g/mol. The number of carbonyl (C=O) groups excluding carboxylic acids is 2. The molecule has 3 heterocycles. The minimum atomic E-state index is -1.25. The van der Waals surface area contributed by atoms with Crippen molar-refractivity contribution in [3.05, 3.63) is 66.9 Å². The number of amides is 2. The van der Waals surface area contributed by atoms with Crippen molar-refractivity contribution in [1.29, 1.82) is 0 Å². The van der Waals surface area contributed by atoms with Gasteiger partial charge in [-0.1, -0.05) is 0 Å². The number of rotatable bonds is 7. The van der Waals surface area contributed by atoms with Crippen LogP contribution in [0.2, 0.25) is 0 Å². The fourth-order valence-corrected chi connectivity index (χ4v) is 4.70. The quantitative estimate of drug-likeness (QED) is 0.361. The van der Waals surface area contributed by atoms with Crippen molar-refractivity contribution < 1.29 is 23.5 Å². The molecule has 10 nitrogen and oxygen atoms in total. The Bertz CT molecular complexity index is 1490. The van der Waals surface area contributed by atoms with E-state index in [0.29, 0.717) is 53.5 Å². The smallest absolute Gasteiger partial charge is 0.247 e. The van der Waals surface area contributed by atoms with Gasteiger partial charge in [-0.05, 0) is 80.6 Å². The highest BCUT2D eigenvalue weighted by Gasteiger charge is 2.57. The number of halogens is 1. The van der Waals surface area contributed by atoms with Gasteiger partial charge < -0.3 is 15.2 Å². The summed E-state index contributed by atoms with van der Waals surface area (Å²) in [6.45, 7) is 0.685. The summed E-state index contributed by atoms with van der Waals surface area (Å²) in [7, 11) is 0. The van der Waals surface area contributed by atoms with E-state index in [4.69, 9.17) is 15.2 Å². The number of hydrogen-bond acceptors (Lipinski definition) is 7. The molecule has 2 aliphatic rings. The predicted molar refractivity (Wildman–Crippen MR) is 135 cm³/mol. The predicted octanol–water partition coefficient (Wildman–Crippen LogP) is 4.39. The molecular formula is C27H25FN6O4. The molecule has 0 spiro atoms. The molecular weight excluding hydrogens is 491 g/mol. The highest BCUT2D eigenvalue weighted by molar-refractivity contribution is 6.16. The van der Waals surface area contributed by atoms with Crippen molar-refractivity contribution in [2.24, 2.45) is 11.1 Å². The summed E-state index contributed by atoms with van der Waals surface area (Å²) < 4.78 is 27.2. The van der Waals surface area contributed by atoms with Gasteiger partial charge in [-0.3, -0.25) is 14.5 Å². The van der Waals surface area contributed by atoms with Gasteiger partial charge >= 0.3 is 0 Å². The van der Waals surface area contributed by atoms with Gasteiger partial charge in [-0.15, -0.1) is 0 Å². The van der Waals surface area contributed by atoms with Gasteiger partial charge in [0, 0.05) is 18.0 Å². The number of primary amides is 1. The standard InChI is InChI=1S/C27H25FN6O4/c28-17-4-6-18(7-5-17)33(26(36)27(12-13-27)25(29)35)19-8-10-20(11-9-19)38-24-21-15-32-34(23(21)30-16-31-24)22-3-1-2-14-37-22/h4-11,15-16,22H,1-3,12-14H2,(H2,29,35). The molecule has 1 aliphatic heterocycles. The van der Waals surface area contributed by atoms with E-state index in [0.717, 1.165) is 19.3 Å². The van der Waals surface area contributed by atoms with E-state index < -0.39 is 23.0 Å². The summed E-state index contributed by atoms with van der Waals surface area (Å²) in [5.41, 5.74) is 5.84. The maximum absolute atomic E-state index is 13.6. The summed E-state index contributed by atoms with van der Waals surface area (Å²) in [5, 5.41) is 5.11. The van der Waals surface area contributed by atoms with Crippen LogP contribution in [-0.2, 0) is 14.3 Å². The minimum absolute atomic E-state index is 0.173. The Hall–Kier alpha value is -4.38. The Labute approximate surface area is 217 Å². The first-order chi connectivity index (χ1) is 18.5. The van der Waals surface area contributed by atoms with Gasteiger partial charge in [-0.25, -0.2) is 19.0 Å². The van der Waals surface area contributed by atoms with Crippen LogP contribution in [0, 0.1) is 11.2 Å². The van der Waals surface area contributed by atoms with Gasteiger partial charge in [0.2, 0.25) is 17.7 Å². The second kappa shape index (κ2) is 9.49. The second-order valence-electron chi connectivity index (χ2n) is 9.49. The van der Waals surface area contributed by atoms with E-state index in [-0.39, 0.29) is 6.23 Å². The van der Waals surface area contributed by atoms with Crippen molar-refractivity contribution in [3.8, 4) is 11.6 Å². The fourth-order valence-electron chi connectivity index (χ4n) is 4.70. The number of aromatic nitrogens is 4. The van der Waals surface area contributed by atoms with Gasteiger partial charge in [0.15, 0.2) is 11.9 Å². The molecule has 0 radical (unpaired) electrons. The number of ether oxygens (including phenoxy) is 2. The average molecular weight is 517 g/mol. The number of anilines is 2. The Morgan fingerprint density at radius 2 is 1.76 bits per heavy atom. The summed E-state index contributed by atoms with van der Waals surface area (Å²) in [4.78, 5) is 35.6. The molecule has 1 unspecified atom stereocenters. The molecule has 38 heavy (non-hydrogen) atoms. The van der Waals surface area contributed by atoms with Crippen LogP contribution >= 0.6 is 0 Å². The highest BCUT2D eigenvalue weighted by Crippen LogP contribution is 2.49. The maximum Gasteiger partial charge on any atom is 0.247 e. The molecule has 1 saturated heterocycles. The third-order valence-corrected chi connectivity index (χ3v) is 7.01. The zero-order valence-electron chi connectivity index (χ0n) is 20.4. The van der Waals surface area contributed by atoms with Crippen LogP contribution in [0.4, 0.5) is 15.8 Å². The van der Waals surface area contributed by atoms with Crippen LogP contribution in [-0.4, -0.2) is 38.2 Å². The van der Waals surface area contributed by atoms with Crippen molar-refractivity contribution >= 4 is 34.2 Å². The topological polar surface area (TPSA) is 125 Å². The molecule has 11 heteroatoms. The van der Waals surface area contributed by atoms with E-state index in [9.17, 15) is 14.0 Å². The van der Waals surface area contributed by atoms with Gasteiger partial charge in [0.1, 0.15) is 28.7 Å². The molecule has 0 bridgehead atoms. The molecule has 4 aromatic rings. The zero-order valence-corrected chi connectivity index (χ0v) is 20.4. The molecule has 1 atom stereocenters. The Morgan fingerprint density at radius 1 is 1.05 bits per heavy atom. The Balaban J connectivity index is 1.29. The first-order valence-corrected chi connectivity index (χ1v) is 12.4. The molecule has 2 N–H and O–H groups in total. The summed E-state index contributed by atoms with van der Waals surface area (Å²) >= 11 is 0. The number of fused-ring (bicyclic) bond motifs is 1. The van der Waals surface area contributed by atoms with Crippen molar-refractivity contribution in [2.75, 3.05) is 11.5 Å². The van der Waals surface area contributed by atoms with E-state index in [2.05, 4.69) is 15.1 Å². The number of benzene rings is 2. The van der Waals surface area contributed by atoms with E-state index in [1.807, 2.05) is 0 Å². The second-order valence-corrected chi connectivity index (χ2v) is 9.49. The largest absolute Gasteiger partial charge is 0.438 e. The first kappa shape index (κ1) is 24.0.